The highest BCUT2D eigenvalue weighted by Gasteiger charge is 2.27. The monoisotopic (exact) mass is 358 g/mol. The predicted molar refractivity (Wildman–Crippen MR) is 82.9 cm³/mol. The molecule has 0 spiro atoms. The molecular formula is C15H20BrFN2O2. The summed E-state index contributed by atoms with van der Waals surface area (Å²) in [4.78, 5) is 14.3. The minimum Gasteiger partial charge on any atom is -0.480 e. The van der Waals surface area contributed by atoms with Crippen LogP contribution in [0.1, 0.15) is 19.8 Å². The molecule has 0 aromatic heterocycles. The van der Waals surface area contributed by atoms with Crippen molar-refractivity contribution in [3.63, 3.8) is 0 Å². The van der Waals surface area contributed by atoms with Crippen molar-refractivity contribution in [1.82, 2.24) is 10.2 Å². The first-order valence-corrected chi connectivity index (χ1v) is 7.88. The van der Waals surface area contributed by atoms with Crippen molar-refractivity contribution in [2.45, 2.75) is 31.9 Å². The third-order valence-electron chi connectivity index (χ3n) is 3.69. The summed E-state index contributed by atoms with van der Waals surface area (Å²) in [5, 5.41) is 3.21. The molecular weight excluding hydrogens is 339 g/mol. The Hall–Kier alpha value is -1.14. The van der Waals surface area contributed by atoms with Crippen LogP contribution in [0, 0.1) is 5.82 Å². The number of carbonyl (C=O) groups excluding carboxylic acids is 1. The molecule has 0 radical (unpaired) electrons. The Labute approximate surface area is 132 Å². The Balaban J connectivity index is 1.99. The van der Waals surface area contributed by atoms with Crippen LogP contribution in [0.25, 0.3) is 0 Å². The maximum atomic E-state index is 13.0. The number of ether oxygens (including phenoxy) is 1. The molecule has 1 aromatic rings. The van der Waals surface area contributed by atoms with Crippen LogP contribution in [-0.2, 0) is 4.79 Å². The number of likely N-dealkylation sites (N-methyl/N-ethyl adjacent to an activating group) is 1. The van der Waals surface area contributed by atoms with E-state index >= 15 is 0 Å². The molecule has 2 rings (SSSR count). The van der Waals surface area contributed by atoms with Crippen LogP contribution in [0.5, 0.6) is 5.75 Å². The fraction of sp³-hybridized carbons (Fsp3) is 0.533. The molecule has 116 valence electrons. The van der Waals surface area contributed by atoms with Gasteiger partial charge in [-0.1, -0.05) is 0 Å². The normalized spacial score (nSPS) is 20.2. The predicted octanol–water partition coefficient (Wildman–Crippen LogP) is 2.57. The number of halogens is 2. The Morgan fingerprint density at radius 3 is 3.00 bits per heavy atom. The van der Waals surface area contributed by atoms with Gasteiger partial charge >= 0.3 is 0 Å². The Bertz CT molecular complexity index is 512. The first-order chi connectivity index (χ1) is 10.0. The second-order valence-electron chi connectivity index (χ2n) is 5.25. The van der Waals surface area contributed by atoms with Crippen molar-refractivity contribution in [1.29, 1.82) is 0 Å². The van der Waals surface area contributed by atoms with Gasteiger partial charge in [-0.05, 0) is 60.9 Å². The highest BCUT2D eigenvalue weighted by molar-refractivity contribution is 9.10. The maximum absolute atomic E-state index is 13.0. The first kappa shape index (κ1) is 16.2. The lowest BCUT2D eigenvalue weighted by Crippen LogP contribution is -2.50. The number of nitrogens with one attached hydrogen (secondary N) is 1. The minimum atomic E-state index is -0.595. The lowest BCUT2D eigenvalue weighted by atomic mass is 10.1. The molecule has 6 heteroatoms. The zero-order valence-electron chi connectivity index (χ0n) is 12.2. The highest BCUT2D eigenvalue weighted by atomic mass is 79.9. The van der Waals surface area contributed by atoms with E-state index < -0.39 is 6.10 Å². The fourth-order valence-corrected chi connectivity index (χ4v) is 2.93. The van der Waals surface area contributed by atoms with Crippen molar-refractivity contribution in [3.05, 3.63) is 28.5 Å². The third kappa shape index (κ3) is 4.17. The summed E-state index contributed by atoms with van der Waals surface area (Å²) >= 11 is 3.24. The topological polar surface area (TPSA) is 41.6 Å². The zero-order valence-corrected chi connectivity index (χ0v) is 13.8. The van der Waals surface area contributed by atoms with Crippen LogP contribution in [-0.4, -0.2) is 43.1 Å². The molecule has 1 aromatic carbocycles. The van der Waals surface area contributed by atoms with Crippen LogP contribution in [0.4, 0.5) is 4.39 Å². The maximum Gasteiger partial charge on any atom is 0.263 e. The van der Waals surface area contributed by atoms with E-state index in [1.165, 1.54) is 18.2 Å². The van der Waals surface area contributed by atoms with Crippen LogP contribution >= 0.6 is 15.9 Å². The van der Waals surface area contributed by atoms with Gasteiger partial charge in [0.1, 0.15) is 11.6 Å². The molecule has 0 bridgehead atoms. The number of hydrogen-bond acceptors (Lipinski definition) is 3. The van der Waals surface area contributed by atoms with Crippen LogP contribution in [0.3, 0.4) is 0 Å². The van der Waals surface area contributed by atoms with Gasteiger partial charge in [0.2, 0.25) is 0 Å². The molecule has 2 atom stereocenters. The van der Waals surface area contributed by atoms with Crippen molar-refractivity contribution in [2.75, 3.05) is 20.1 Å². The van der Waals surface area contributed by atoms with E-state index in [0.29, 0.717) is 22.8 Å². The van der Waals surface area contributed by atoms with E-state index in [2.05, 4.69) is 21.2 Å². The molecule has 0 saturated carbocycles. The summed E-state index contributed by atoms with van der Waals surface area (Å²) in [7, 11) is 1.91. The average molecular weight is 359 g/mol. The molecule has 0 aliphatic carbocycles. The molecule has 0 unspecified atom stereocenters. The Morgan fingerprint density at radius 2 is 2.33 bits per heavy atom. The van der Waals surface area contributed by atoms with Gasteiger partial charge in [-0.25, -0.2) is 4.39 Å². The van der Waals surface area contributed by atoms with Crippen molar-refractivity contribution < 1.29 is 13.9 Å². The summed E-state index contributed by atoms with van der Waals surface area (Å²) in [5.41, 5.74) is 0. The van der Waals surface area contributed by atoms with Gasteiger partial charge in [0.05, 0.1) is 4.47 Å². The van der Waals surface area contributed by atoms with Crippen LogP contribution < -0.4 is 10.1 Å². The highest BCUT2D eigenvalue weighted by Crippen LogP contribution is 2.26. The summed E-state index contributed by atoms with van der Waals surface area (Å²) in [6, 6.07) is 4.50. The molecule has 1 fully saturated rings. The number of amides is 1. The number of likely N-dealkylation sites (tertiary alicyclic amines) is 1. The quantitative estimate of drug-likeness (QED) is 0.899. The van der Waals surface area contributed by atoms with Gasteiger partial charge in [-0.3, -0.25) is 4.79 Å². The Kier molecular flexibility index (Phi) is 5.58. The molecule has 1 aliphatic heterocycles. The summed E-state index contributed by atoms with van der Waals surface area (Å²) in [6.45, 7) is 3.18. The summed E-state index contributed by atoms with van der Waals surface area (Å²) in [6.07, 6.45) is 1.48. The van der Waals surface area contributed by atoms with Gasteiger partial charge in [0, 0.05) is 19.1 Å². The molecule has 1 aliphatic rings. The molecule has 21 heavy (non-hydrogen) atoms. The number of rotatable bonds is 4. The minimum absolute atomic E-state index is 0.0359. The molecule has 1 N–H and O–H groups in total. The number of benzene rings is 1. The smallest absolute Gasteiger partial charge is 0.263 e. The van der Waals surface area contributed by atoms with E-state index in [-0.39, 0.29) is 11.7 Å². The van der Waals surface area contributed by atoms with E-state index in [1.54, 1.807) is 6.92 Å². The Morgan fingerprint density at radius 1 is 1.57 bits per heavy atom. The largest absolute Gasteiger partial charge is 0.480 e. The van der Waals surface area contributed by atoms with Gasteiger partial charge < -0.3 is 15.0 Å². The van der Waals surface area contributed by atoms with E-state index in [4.69, 9.17) is 4.74 Å². The van der Waals surface area contributed by atoms with Crippen LogP contribution in [0.2, 0.25) is 0 Å². The lowest BCUT2D eigenvalue weighted by molar-refractivity contribution is -0.139. The number of hydrogen-bond donors (Lipinski definition) is 1. The van der Waals surface area contributed by atoms with Crippen molar-refractivity contribution >= 4 is 21.8 Å². The van der Waals surface area contributed by atoms with E-state index in [9.17, 15) is 9.18 Å². The molecule has 1 saturated heterocycles. The van der Waals surface area contributed by atoms with Gasteiger partial charge in [-0.2, -0.15) is 0 Å². The molecule has 1 amide bonds. The number of piperidine rings is 1. The SMILES string of the molecule is CN[C@@H]1CCCN(C(=O)[C@@H](C)Oc2ccc(F)cc2Br)C1. The van der Waals surface area contributed by atoms with Crippen molar-refractivity contribution in [3.8, 4) is 5.75 Å². The molecule has 1 heterocycles. The second kappa shape index (κ2) is 7.22. The number of carbonyl (C=O) groups is 1. The van der Waals surface area contributed by atoms with Crippen molar-refractivity contribution in [2.24, 2.45) is 0 Å². The second-order valence-corrected chi connectivity index (χ2v) is 6.10. The van der Waals surface area contributed by atoms with Gasteiger partial charge in [0.15, 0.2) is 6.10 Å². The standard InChI is InChI=1S/C15H20BrFN2O2/c1-10(21-14-6-5-11(17)8-13(14)16)15(20)19-7-3-4-12(9-19)18-2/h5-6,8,10,12,18H,3-4,7,9H2,1-2H3/t10-,12-/m1/s1. The summed E-state index contributed by atoms with van der Waals surface area (Å²) < 4.78 is 19.2. The van der Waals surface area contributed by atoms with E-state index in [0.717, 1.165) is 19.4 Å². The van der Waals surface area contributed by atoms with E-state index in [1.807, 2.05) is 11.9 Å². The fourth-order valence-electron chi connectivity index (χ4n) is 2.48. The molecule has 4 nitrogen and oxygen atoms in total. The van der Waals surface area contributed by atoms with Gasteiger partial charge in [0.25, 0.3) is 5.91 Å². The average Bonchev–Trinajstić information content (AvgIpc) is 2.49. The summed E-state index contributed by atoms with van der Waals surface area (Å²) in [5.74, 6) is 0.0895. The zero-order chi connectivity index (χ0) is 15.4. The number of nitrogens with zero attached hydrogens (tertiary/aromatic N) is 1. The van der Waals surface area contributed by atoms with Crippen LogP contribution in [0.15, 0.2) is 22.7 Å². The first-order valence-electron chi connectivity index (χ1n) is 7.09. The third-order valence-corrected chi connectivity index (χ3v) is 4.31. The van der Waals surface area contributed by atoms with Gasteiger partial charge in [-0.15, -0.1) is 0 Å². The lowest BCUT2D eigenvalue weighted by Gasteiger charge is -2.34.